The van der Waals surface area contributed by atoms with E-state index in [4.69, 9.17) is 17.3 Å². The van der Waals surface area contributed by atoms with Gasteiger partial charge in [-0.05, 0) is 17.5 Å². The molecule has 0 amide bonds. The number of nitrogens with two attached hydrogens (primary N) is 1. The van der Waals surface area contributed by atoms with Crippen LogP contribution in [0.5, 0.6) is 0 Å². The largest absolute Gasteiger partial charge is 0.321 e. The van der Waals surface area contributed by atoms with Crippen LogP contribution < -0.4 is 5.73 Å². The summed E-state index contributed by atoms with van der Waals surface area (Å²) < 4.78 is 24.4. The first-order valence-corrected chi connectivity index (χ1v) is 9.68. The SMILES string of the molecule is N[C@@H](Cc1ccccc1)C(=O)C(Cl)C(=O)S(=O)(=O)Cc1ccccc1. The Bertz CT molecular complexity index is 838. The second-order valence-electron chi connectivity index (χ2n) is 5.62. The molecule has 0 fully saturated rings. The van der Waals surface area contributed by atoms with Crippen molar-refractivity contribution in [3.8, 4) is 0 Å². The Morgan fingerprint density at radius 1 is 0.920 bits per heavy atom. The molecule has 7 heteroatoms. The maximum atomic E-state index is 12.2. The Morgan fingerprint density at radius 3 is 1.92 bits per heavy atom. The van der Waals surface area contributed by atoms with Crippen molar-refractivity contribution in [3.05, 3.63) is 71.8 Å². The van der Waals surface area contributed by atoms with Gasteiger partial charge in [0.1, 0.15) is 0 Å². The number of ketones is 1. The fourth-order valence-corrected chi connectivity index (χ4v) is 4.07. The predicted molar refractivity (Wildman–Crippen MR) is 96.8 cm³/mol. The molecule has 0 aromatic heterocycles. The molecule has 0 aliphatic heterocycles. The van der Waals surface area contributed by atoms with E-state index in [0.717, 1.165) is 5.56 Å². The smallest absolute Gasteiger partial charge is 0.272 e. The highest BCUT2D eigenvalue weighted by Gasteiger charge is 2.36. The quantitative estimate of drug-likeness (QED) is 0.585. The zero-order chi connectivity index (χ0) is 18.4. The minimum Gasteiger partial charge on any atom is -0.321 e. The Balaban J connectivity index is 2.06. The molecule has 0 bridgehead atoms. The molecule has 132 valence electrons. The fourth-order valence-electron chi connectivity index (χ4n) is 2.30. The van der Waals surface area contributed by atoms with Gasteiger partial charge in [0.25, 0.3) is 5.12 Å². The van der Waals surface area contributed by atoms with Gasteiger partial charge < -0.3 is 5.73 Å². The van der Waals surface area contributed by atoms with Crippen LogP contribution >= 0.6 is 11.6 Å². The predicted octanol–water partition coefficient (Wildman–Crippen LogP) is 1.87. The lowest BCUT2D eigenvalue weighted by molar-refractivity contribution is -0.124. The standard InChI is InChI=1S/C18H18ClNO4S/c19-16(17(21)15(20)11-13-7-3-1-4-8-13)18(22)25(23,24)12-14-9-5-2-6-10-14/h1-10,15-16H,11-12,20H2/t15-,16?/m0/s1. The van der Waals surface area contributed by atoms with Crippen molar-refractivity contribution in [3.63, 3.8) is 0 Å². The average Bonchev–Trinajstić information content (AvgIpc) is 2.61. The highest BCUT2D eigenvalue weighted by molar-refractivity contribution is 8.05. The summed E-state index contributed by atoms with van der Waals surface area (Å²) in [6.07, 6.45) is 0.176. The number of sulfone groups is 1. The van der Waals surface area contributed by atoms with Gasteiger partial charge in [-0.2, -0.15) is 0 Å². The maximum absolute atomic E-state index is 12.2. The van der Waals surface area contributed by atoms with Gasteiger partial charge in [-0.25, -0.2) is 8.42 Å². The summed E-state index contributed by atoms with van der Waals surface area (Å²) in [6, 6.07) is 16.1. The maximum Gasteiger partial charge on any atom is 0.272 e. The number of alkyl halides is 1. The lowest BCUT2D eigenvalue weighted by atomic mass is 10.0. The summed E-state index contributed by atoms with van der Waals surface area (Å²) in [5.74, 6) is -1.30. The molecule has 0 saturated heterocycles. The highest BCUT2D eigenvalue weighted by atomic mass is 35.5. The Morgan fingerprint density at radius 2 is 1.40 bits per heavy atom. The fraction of sp³-hybridized carbons (Fsp3) is 0.222. The number of carbonyl (C=O) groups is 2. The van der Waals surface area contributed by atoms with Gasteiger partial charge in [-0.15, -0.1) is 11.6 Å². The molecule has 2 atom stereocenters. The third-order valence-electron chi connectivity index (χ3n) is 3.63. The molecular weight excluding hydrogens is 362 g/mol. The van der Waals surface area contributed by atoms with Gasteiger partial charge in [0.15, 0.2) is 11.2 Å². The van der Waals surface area contributed by atoms with Gasteiger partial charge in [-0.3, -0.25) is 9.59 Å². The monoisotopic (exact) mass is 379 g/mol. The molecular formula is C18H18ClNO4S. The van der Waals surface area contributed by atoms with E-state index in [1.165, 1.54) is 0 Å². The molecule has 0 radical (unpaired) electrons. The lowest BCUT2D eigenvalue weighted by Gasteiger charge is -2.14. The van der Waals surface area contributed by atoms with Crippen LogP contribution in [0.1, 0.15) is 11.1 Å². The minimum absolute atomic E-state index is 0.176. The summed E-state index contributed by atoms with van der Waals surface area (Å²) in [5.41, 5.74) is 7.05. The van der Waals surface area contributed by atoms with E-state index in [2.05, 4.69) is 0 Å². The molecule has 0 aliphatic rings. The molecule has 0 aliphatic carbocycles. The number of hydrogen-bond acceptors (Lipinski definition) is 5. The number of hydrogen-bond donors (Lipinski definition) is 1. The molecule has 0 heterocycles. The summed E-state index contributed by atoms with van der Waals surface area (Å²) >= 11 is 5.84. The van der Waals surface area contributed by atoms with E-state index in [1.807, 2.05) is 6.07 Å². The van der Waals surface area contributed by atoms with Gasteiger partial charge in [0, 0.05) is 0 Å². The number of rotatable bonds is 7. The third-order valence-corrected chi connectivity index (χ3v) is 5.73. The van der Waals surface area contributed by atoms with Crippen LogP contribution in [-0.4, -0.2) is 30.7 Å². The topological polar surface area (TPSA) is 94.3 Å². The zero-order valence-electron chi connectivity index (χ0n) is 13.3. The van der Waals surface area contributed by atoms with Crippen molar-refractivity contribution >= 4 is 32.3 Å². The summed E-state index contributed by atoms with van der Waals surface area (Å²) in [7, 11) is -4.21. The van der Waals surface area contributed by atoms with E-state index in [-0.39, 0.29) is 6.42 Å². The molecule has 0 saturated carbocycles. The summed E-state index contributed by atoms with van der Waals surface area (Å²) in [6.45, 7) is 0. The minimum atomic E-state index is -4.21. The van der Waals surface area contributed by atoms with E-state index >= 15 is 0 Å². The van der Waals surface area contributed by atoms with Crippen LogP contribution in [0, 0.1) is 0 Å². The molecule has 0 spiro atoms. The van der Waals surface area contributed by atoms with Crippen molar-refractivity contribution < 1.29 is 18.0 Å². The second-order valence-corrected chi connectivity index (χ2v) is 7.98. The molecule has 2 aromatic rings. The Hall–Kier alpha value is -2.02. The first-order chi connectivity index (χ1) is 11.8. The van der Waals surface area contributed by atoms with Gasteiger partial charge in [0.05, 0.1) is 11.8 Å². The first kappa shape index (κ1) is 19.3. The van der Waals surface area contributed by atoms with E-state index < -0.39 is 37.9 Å². The van der Waals surface area contributed by atoms with Crippen molar-refractivity contribution in [2.45, 2.75) is 23.6 Å². The molecule has 5 nitrogen and oxygen atoms in total. The summed E-state index contributed by atoms with van der Waals surface area (Å²) in [4.78, 5) is 24.4. The van der Waals surface area contributed by atoms with E-state index in [1.54, 1.807) is 54.6 Å². The molecule has 1 unspecified atom stereocenters. The number of Topliss-reactive ketones (excluding diaryl/α,β-unsaturated/α-hetero) is 1. The van der Waals surface area contributed by atoms with Crippen LogP contribution in [0.3, 0.4) is 0 Å². The van der Waals surface area contributed by atoms with E-state index in [9.17, 15) is 18.0 Å². The highest BCUT2D eigenvalue weighted by Crippen LogP contribution is 2.14. The van der Waals surface area contributed by atoms with Gasteiger partial charge >= 0.3 is 0 Å². The van der Waals surface area contributed by atoms with Crippen LogP contribution in [0.15, 0.2) is 60.7 Å². The van der Waals surface area contributed by atoms with Crippen molar-refractivity contribution in [1.82, 2.24) is 0 Å². The number of benzene rings is 2. The van der Waals surface area contributed by atoms with Crippen LogP contribution in [0.4, 0.5) is 0 Å². The molecule has 25 heavy (non-hydrogen) atoms. The van der Waals surface area contributed by atoms with Crippen LogP contribution in [-0.2, 0) is 31.6 Å². The Labute approximate surface area is 151 Å². The molecule has 2 aromatic carbocycles. The van der Waals surface area contributed by atoms with Crippen molar-refractivity contribution in [2.75, 3.05) is 0 Å². The zero-order valence-corrected chi connectivity index (χ0v) is 14.9. The molecule has 2 rings (SSSR count). The Kier molecular flexibility index (Phi) is 6.47. The van der Waals surface area contributed by atoms with Crippen molar-refractivity contribution in [2.24, 2.45) is 5.73 Å². The van der Waals surface area contributed by atoms with Gasteiger partial charge in [0.2, 0.25) is 9.84 Å². The number of halogens is 1. The van der Waals surface area contributed by atoms with Crippen LogP contribution in [0.2, 0.25) is 0 Å². The number of carbonyl (C=O) groups excluding carboxylic acids is 2. The normalized spacial score (nSPS) is 13.8. The molecule has 2 N–H and O–H groups in total. The first-order valence-electron chi connectivity index (χ1n) is 7.59. The van der Waals surface area contributed by atoms with E-state index in [0.29, 0.717) is 5.56 Å². The second kappa shape index (κ2) is 8.38. The van der Waals surface area contributed by atoms with Crippen LogP contribution in [0.25, 0.3) is 0 Å². The average molecular weight is 380 g/mol. The summed E-state index contributed by atoms with van der Waals surface area (Å²) in [5, 5.41) is -3.13. The third kappa shape index (κ3) is 5.22. The lowest BCUT2D eigenvalue weighted by Crippen LogP contribution is -2.43. The van der Waals surface area contributed by atoms with Gasteiger partial charge in [-0.1, -0.05) is 60.7 Å². The van der Waals surface area contributed by atoms with Crippen molar-refractivity contribution in [1.29, 1.82) is 0 Å².